The molecule has 1 rings (SSSR count). The minimum atomic E-state index is -4.27. The maximum Gasteiger partial charge on any atom is 0.416 e. The first-order chi connectivity index (χ1) is 6.39. The highest BCUT2D eigenvalue weighted by atomic mass is 35.5. The molecular formula is C10H10ClF3. The molecule has 0 fully saturated rings. The summed E-state index contributed by atoms with van der Waals surface area (Å²) in [5, 5.41) is -0.154. The highest BCUT2D eigenvalue weighted by molar-refractivity contribution is 6.20. The first kappa shape index (κ1) is 11.4. The van der Waals surface area contributed by atoms with E-state index in [-0.39, 0.29) is 5.38 Å². The Kier molecular flexibility index (Phi) is 3.43. The van der Waals surface area contributed by atoms with Crippen LogP contribution in [0.3, 0.4) is 0 Å². The molecule has 0 aliphatic heterocycles. The van der Waals surface area contributed by atoms with E-state index in [1.165, 1.54) is 6.07 Å². The van der Waals surface area contributed by atoms with Crippen LogP contribution in [0.5, 0.6) is 0 Å². The van der Waals surface area contributed by atoms with Gasteiger partial charge in [-0.05, 0) is 25.0 Å². The van der Waals surface area contributed by atoms with E-state index < -0.39 is 11.7 Å². The smallest absolute Gasteiger partial charge is 0.166 e. The quantitative estimate of drug-likeness (QED) is 0.667. The zero-order valence-corrected chi connectivity index (χ0v) is 8.36. The fourth-order valence-electron chi connectivity index (χ4n) is 1.20. The predicted molar refractivity (Wildman–Crippen MR) is 50.5 cm³/mol. The zero-order valence-electron chi connectivity index (χ0n) is 7.61. The summed E-state index contributed by atoms with van der Waals surface area (Å²) in [6.07, 6.45) is -3.82. The molecule has 0 aromatic heterocycles. The molecule has 78 valence electrons. The summed E-state index contributed by atoms with van der Waals surface area (Å²) in [7, 11) is 0. The van der Waals surface area contributed by atoms with Crippen molar-refractivity contribution in [2.24, 2.45) is 0 Å². The lowest BCUT2D eigenvalue weighted by atomic mass is 10.1. The standard InChI is InChI=1S/C10H10ClF3/c1-7(11)5-8-3-2-4-9(6-8)10(12,13)14/h2-4,6-7H,5H2,1H3. The molecule has 0 heterocycles. The van der Waals surface area contributed by atoms with Crippen LogP contribution in [-0.4, -0.2) is 5.38 Å². The molecule has 14 heavy (non-hydrogen) atoms. The summed E-state index contributed by atoms with van der Waals surface area (Å²) < 4.78 is 36.8. The summed E-state index contributed by atoms with van der Waals surface area (Å²) in [6, 6.07) is 5.24. The van der Waals surface area contributed by atoms with Gasteiger partial charge in [0.15, 0.2) is 0 Å². The molecule has 0 bridgehead atoms. The predicted octanol–water partition coefficient (Wildman–Crippen LogP) is 3.88. The van der Waals surface area contributed by atoms with E-state index in [2.05, 4.69) is 0 Å². The third kappa shape index (κ3) is 3.22. The molecule has 0 nitrogen and oxygen atoms in total. The molecule has 1 unspecified atom stereocenters. The normalized spacial score (nSPS) is 14.1. The van der Waals surface area contributed by atoms with Crippen LogP contribution < -0.4 is 0 Å². The SMILES string of the molecule is CC(Cl)Cc1cccc(C(F)(F)F)c1. The van der Waals surface area contributed by atoms with Crippen molar-refractivity contribution in [1.29, 1.82) is 0 Å². The number of rotatable bonds is 2. The maximum atomic E-state index is 12.3. The van der Waals surface area contributed by atoms with Gasteiger partial charge in [-0.3, -0.25) is 0 Å². The zero-order chi connectivity index (χ0) is 10.8. The molecule has 0 aliphatic rings. The molecule has 4 heteroatoms. The Hall–Kier alpha value is -0.700. The minimum Gasteiger partial charge on any atom is -0.166 e. The molecule has 0 amide bonds. The Balaban J connectivity index is 2.90. The average Bonchev–Trinajstić information content (AvgIpc) is 2.01. The highest BCUT2D eigenvalue weighted by Gasteiger charge is 2.30. The van der Waals surface area contributed by atoms with Gasteiger partial charge < -0.3 is 0 Å². The third-order valence-electron chi connectivity index (χ3n) is 1.77. The molecule has 1 aromatic rings. The van der Waals surface area contributed by atoms with Crippen molar-refractivity contribution < 1.29 is 13.2 Å². The van der Waals surface area contributed by atoms with Gasteiger partial charge in [0, 0.05) is 5.38 Å². The van der Waals surface area contributed by atoms with Crippen molar-refractivity contribution in [2.45, 2.75) is 24.9 Å². The summed E-state index contributed by atoms with van der Waals surface area (Å²) in [6.45, 7) is 1.75. The number of halogens is 4. The molecular weight excluding hydrogens is 213 g/mol. The fourth-order valence-corrected chi connectivity index (χ4v) is 1.38. The maximum absolute atomic E-state index is 12.3. The number of hydrogen-bond acceptors (Lipinski definition) is 0. The number of alkyl halides is 4. The molecule has 0 spiro atoms. The summed E-state index contributed by atoms with van der Waals surface area (Å²) >= 11 is 5.70. The van der Waals surface area contributed by atoms with Crippen molar-refractivity contribution in [3.63, 3.8) is 0 Å². The van der Waals surface area contributed by atoms with Gasteiger partial charge >= 0.3 is 6.18 Å². The summed E-state index contributed by atoms with van der Waals surface area (Å²) in [5.74, 6) is 0. The van der Waals surface area contributed by atoms with Gasteiger partial charge in [0.25, 0.3) is 0 Å². The highest BCUT2D eigenvalue weighted by Crippen LogP contribution is 2.29. The Morgan fingerprint density at radius 3 is 2.50 bits per heavy atom. The van der Waals surface area contributed by atoms with Crippen molar-refractivity contribution in [3.8, 4) is 0 Å². The largest absolute Gasteiger partial charge is 0.416 e. The lowest BCUT2D eigenvalue weighted by Crippen LogP contribution is -2.06. The van der Waals surface area contributed by atoms with E-state index in [1.807, 2.05) is 0 Å². The Morgan fingerprint density at radius 2 is 2.00 bits per heavy atom. The first-order valence-electron chi connectivity index (χ1n) is 4.20. The van der Waals surface area contributed by atoms with Crippen LogP contribution in [0.4, 0.5) is 13.2 Å². The van der Waals surface area contributed by atoms with Crippen LogP contribution >= 0.6 is 11.6 Å². The molecule has 0 radical (unpaired) electrons. The first-order valence-corrected chi connectivity index (χ1v) is 4.63. The monoisotopic (exact) mass is 222 g/mol. The van der Waals surface area contributed by atoms with Crippen LogP contribution in [0.25, 0.3) is 0 Å². The van der Waals surface area contributed by atoms with Gasteiger partial charge in [-0.15, -0.1) is 11.6 Å². The van der Waals surface area contributed by atoms with Crippen molar-refractivity contribution in [1.82, 2.24) is 0 Å². The Bertz CT molecular complexity index is 304. The van der Waals surface area contributed by atoms with Gasteiger partial charge in [-0.2, -0.15) is 13.2 Å². The van der Waals surface area contributed by atoms with E-state index in [0.29, 0.717) is 12.0 Å². The van der Waals surface area contributed by atoms with Crippen LogP contribution in [0.15, 0.2) is 24.3 Å². The van der Waals surface area contributed by atoms with Crippen LogP contribution in [-0.2, 0) is 12.6 Å². The fraction of sp³-hybridized carbons (Fsp3) is 0.400. The minimum absolute atomic E-state index is 0.154. The second-order valence-electron chi connectivity index (χ2n) is 3.18. The summed E-state index contributed by atoms with van der Waals surface area (Å²) in [4.78, 5) is 0. The molecule has 0 saturated heterocycles. The van der Waals surface area contributed by atoms with E-state index in [9.17, 15) is 13.2 Å². The van der Waals surface area contributed by atoms with Crippen molar-refractivity contribution in [3.05, 3.63) is 35.4 Å². The van der Waals surface area contributed by atoms with Crippen LogP contribution in [0.2, 0.25) is 0 Å². The lowest BCUT2D eigenvalue weighted by Gasteiger charge is -2.09. The van der Waals surface area contributed by atoms with Gasteiger partial charge in [0.2, 0.25) is 0 Å². The van der Waals surface area contributed by atoms with Crippen molar-refractivity contribution in [2.75, 3.05) is 0 Å². The molecule has 0 N–H and O–H groups in total. The molecule has 1 aromatic carbocycles. The van der Waals surface area contributed by atoms with Crippen LogP contribution in [0.1, 0.15) is 18.1 Å². The summed E-state index contributed by atoms with van der Waals surface area (Å²) in [5.41, 5.74) is -0.00496. The van der Waals surface area contributed by atoms with Crippen molar-refractivity contribution >= 4 is 11.6 Å². The second kappa shape index (κ2) is 4.22. The Morgan fingerprint density at radius 1 is 1.36 bits per heavy atom. The number of benzene rings is 1. The molecule has 0 saturated carbocycles. The molecule has 0 aliphatic carbocycles. The van der Waals surface area contributed by atoms with E-state index in [4.69, 9.17) is 11.6 Å². The van der Waals surface area contributed by atoms with Gasteiger partial charge in [-0.1, -0.05) is 18.2 Å². The average molecular weight is 223 g/mol. The third-order valence-corrected chi connectivity index (χ3v) is 1.93. The van der Waals surface area contributed by atoms with E-state index in [1.54, 1.807) is 13.0 Å². The van der Waals surface area contributed by atoms with Gasteiger partial charge in [-0.25, -0.2) is 0 Å². The van der Waals surface area contributed by atoms with E-state index >= 15 is 0 Å². The Labute approximate surface area is 85.7 Å². The van der Waals surface area contributed by atoms with E-state index in [0.717, 1.165) is 12.1 Å². The molecule has 1 atom stereocenters. The number of hydrogen-bond donors (Lipinski definition) is 0. The van der Waals surface area contributed by atoms with Gasteiger partial charge in [0.05, 0.1) is 5.56 Å². The van der Waals surface area contributed by atoms with Gasteiger partial charge in [0.1, 0.15) is 0 Å². The van der Waals surface area contributed by atoms with Crippen LogP contribution in [0, 0.1) is 0 Å². The second-order valence-corrected chi connectivity index (χ2v) is 3.93. The lowest BCUT2D eigenvalue weighted by molar-refractivity contribution is -0.137. The topological polar surface area (TPSA) is 0 Å².